The van der Waals surface area contributed by atoms with Crippen molar-refractivity contribution in [3.63, 3.8) is 0 Å². The molecule has 1 N–H and O–H groups in total. The van der Waals surface area contributed by atoms with Gasteiger partial charge in [0, 0.05) is 28.9 Å². The van der Waals surface area contributed by atoms with Crippen LogP contribution >= 0.6 is 0 Å². The third-order valence-corrected chi connectivity index (χ3v) is 2.64. The molecule has 1 atom stereocenters. The van der Waals surface area contributed by atoms with Crippen molar-refractivity contribution in [1.82, 2.24) is 5.32 Å². The highest BCUT2D eigenvalue weighted by molar-refractivity contribution is 7.85. The molecule has 1 aliphatic heterocycles. The maximum Gasteiger partial charge on any atom is 0.0360 e. The fraction of sp³-hybridized carbons (Fsp3) is 1.00. The molecule has 0 radical (unpaired) electrons. The molecule has 0 aromatic carbocycles. The van der Waals surface area contributed by atoms with Gasteiger partial charge in [0.2, 0.25) is 0 Å². The Morgan fingerprint density at radius 3 is 3.00 bits per heavy atom. The quantitative estimate of drug-likeness (QED) is 0.493. The highest BCUT2D eigenvalue weighted by atomic mass is 32.2. The van der Waals surface area contributed by atoms with Gasteiger partial charge in [0.1, 0.15) is 0 Å². The summed E-state index contributed by atoms with van der Waals surface area (Å²) in [6.07, 6.45) is 1.08. The van der Waals surface area contributed by atoms with Gasteiger partial charge in [0.05, 0.1) is 0 Å². The SMILES string of the molecule is O=[S@@]1CCCNCC1. The van der Waals surface area contributed by atoms with Crippen LogP contribution in [0.1, 0.15) is 6.42 Å². The van der Waals surface area contributed by atoms with Gasteiger partial charge in [0.15, 0.2) is 0 Å². The van der Waals surface area contributed by atoms with Gasteiger partial charge in [-0.3, -0.25) is 4.21 Å². The third-order valence-electron chi connectivity index (χ3n) is 1.23. The lowest BCUT2D eigenvalue weighted by molar-refractivity contribution is 0.683. The molecule has 48 valence electrons. The summed E-state index contributed by atoms with van der Waals surface area (Å²) < 4.78 is 10.8. The fourth-order valence-corrected chi connectivity index (χ4v) is 1.81. The van der Waals surface area contributed by atoms with Gasteiger partial charge in [-0.25, -0.2) is 0 Å². The Morgan fingerprint density at radius 2 is 2.12 bits per heavy atom. The van der Waals surface area contributed by atoms with E-state index in [9.17, 15) is 4.21 Å². The van der Waals surface area contributed by atoms with Crippen LogP contribution < -0.4 is 5.32 Å². The molecule has 1 heterocycles. The van der Waals surface area contributed by atoms with Gasteiger partial charge < -0.3 is 5.32 Å². The van der Waals surface area contributed by atoms with Crippen LogP contribution in [0.5, 0.6) is 0 Å². The summed E-state index contributed by atoms with van der Waals surface area (Å²) in [6, 6.07) is 0. The molecule has 1 aliphatic rings. The molecule has 0 spiro atoms. The normalized spacial score (nSPS) is 31.8. The van der Waals surface area contributed by atoms with Crippen molar-refractivity contribution >= 4 is 10.8 Å². The summed E-state index contributed by atoms with van der Waals surface area (Å²) in [4.78, 5) is 0. The third kappa shape index (κ3) is 1.92. The van der Waals surface area contributed by atoms with Gasteiger partial charge in [-0.1, -0.05) is 0 Å². The van der Waals surface area contributed by atoms with Crippen molar-refractivity contribution < 1.29 is 4.21 Å². The van der Waals surface area contributed by atoms with Gasteiger partial charge in [-0.05, 0) is 13.0 Å². The largest absolute Gasteiger partial charge is 0.316 e. The van der Waals surface area contributed by atoms with E-state index in [-0.39, 0.29) is 0 Å². The van der Waals surface area contributed by atoms with Gasteiger partial charge in [-0.15, -0.1) is 0 Å². The number of hydrogen-bond donors (Lipinski definition) is 1. The Labute approximate surface area is 52.1 Å². The monoisotopic (exact) mass is 133 g/mol. The molecule has 1 saturated heterocycles. The number of rotatable bonds is 0. The van der Waals surface area contributed by atoms with Crippen LogP contribution in [0.4, 0.5) is 0 Å². The van der Waals surface area contributed by atoms with Crippen LogP contribution in [0.15, 0.2) is 0 Å². The minimum atomic E-state index is -0.520. The summed E-state index contributed by atoms with van der Waals surface area (Å²) in [5, 5.41) is 3.18. The van der Waals surface area contributed by atoms with E-state index < -0.39 is 10.8 Å². The van der Waals surface area contributed by atoms with Crippen molar-refractivity contribution in [2.45, 2.75) is 6.42 Å². The predicted octanol–water partition coefficient (Wildman–Crippen LogP) is -0.272. The van der Waals surface area contributed by atoms with E-state index >= 15 is 0 Å². The van der Waals surface area contributed by atoms with Gasteiger partial charge >= 0.3 is 0 Å². The first-order valence-electron chi connectivity index (χ1n) is 2.95. The van der Waals surface area contributed by atoms with Crippen molar-refractivity contribution in [2.24, 2.45) is 0 Å². The zero-order valence-electron chi connectivity index (χ0n) is 4.85. The minimum absolute atomic E-state index is 0.520. The van der Waals surface area contributed by atoms with Crippen LogP contribution in [0.3, 0.4) is 0 Å². The topological polar surface area (TPSA) is 29.1 Å². The summed E-state index contributed by atoms with van der Waals surface area (Å²) in [5.41, 5.74) is 0. The molecular weight excluding hydrogens is 122 g/mol. The van der Waals surface area contributed by atoms with Crippen LogP contribution in [-0.4, -0.2) is 28.8 Å². The molecular formula is C5H11NOS. The molecule has 0 aliphatic carbocycles. The summed E-state index contributed by atoms with van der Waals surface area (Å²) >= 11 is 0. The summed E-state index contributed by atoms with van der Waals surface area (Å²) in [6.45, 7) is 1.98. The van der Waals surface area contributed by atoms with E-state index in [2.05, 4.69) is 5.32 Å². The molecule has 8 heavy (non-hydrogen) atoms. The van der Waals surface area contributed by atoms with Gasteiger partial charge in [-0.2, -0.15) is 0 Å². The average Bonchev–Trinajstić information content (AvgIpc) is 1.94. The van der Waals surface area contributed by atoms with E-state index in [0.717, 1.165) is 31.0 Å². The Bertz CT molecular complexity index is 84.4. The van der Waals surface area contributed by atoms with Crippen LogP contribution in [0.2, 0.25) is 0 Å². The molecule has 2 nitrogen and oxygen atoms in total. The van der Waals surface area contributed by atoms with Gasteiger partial charge in [0.25, 0.3) is 0 Å². The Kier molecular flexibility index (Phi) is 2.49. The zero-order valence-corrected chi connectivity index (χ0v) is 5.67. The fourth-order valence-electron chi connectivity index (χ4n) is 0.771. The smallest absolute Gasteiger partial charge is 0.0360 e. The lowest BCUT2D eigenvalue weighted by atomic mass is 10.5. The number of hydrogen-bond acceptors (Lipinski definition) is 2. The molecule has 3 heteroatoms. The molecule has 0 aromatic rings. The van der Waals surface area contributed by atoms with E-state index in [1.54, 1.807) is 0 Å². The van der Waals surface area contributed by atoms with E-state index in [1.807, 2.05) is 0 Å². The second-order valence-electron chi connectivity index (χ2n) is 1.95. The standard InChI is InChI=1S/C5H11NOS/c7-8-4-1-2-6-3-5-8/h6H,1-5H2/t8-/m1/s1. The van der Waals surface area contributed by atoms with Crippen molar-refractivity contribution in [2.75, 3.05) is 24.6 Å². The van der Waals surface area contributed by atoms with Crippen molar-refractivity contribution in [3.8, 4) is 0 Å². The lowest BCUT2D eigenvalue weighted by Gasteiger charge is -1.91. The van der Waals surface area contributed by atoms with Crippen molar-refractivity contribution in [3.05, 3.63) is 0 Å². The molecule has 1 fully saturated rings. The number of nitrogens with one attached hydrogen (secondary N) is 1. The Hall–Kier alpha value is 0.110. The molecule has 0 saturated carbocycles. The average molecular weight is 133 g/mol. The molecule has 0 aromatic heterocycles. The lowest BCUT2D eigenvalue weighted by Crippen LogP contribution is -2.16. The highest BCUT2D eigenvalue weighted by Gasteiger charge is 2.02. The second kappa shape index (κ2) is 3.20. The summed E-state index contributed by atoms with van der Waals surface area (Å²) in [5.74, 6) is 1.74. The van der Waals surface area contributed by atoms with Crippen LogP contribution in [0, 0.1) is 0 Å². The molecule has 1 rings (SSSR count). The van der Waals surface area contributed by atoms with E-state index in [0.29, 0.717) is 0 Å². The predicted molar refractivity (Wildman–Crippen MR) is 35.4 cm³/mol. The first kappa shape index (κ1) is 6.23. The molecule has 0 bridgehead atoms. The van der Waals surface area contributed by atoms with Crippen molar-refractivity contribution in [1.29, 1.82) is 0 Å². The summed E-state index contributed by atoms with van der Waals surface area (Å²) in [7, 11) is -0.520. The second-order valence-corrected chi connectivity index (χ2v) is 3.65. The highest BCUT2D eigenvalue weighted by Crippen LogP contribution is 1.89. The zero-order chi connectivity index (χ0) is 5.82. The first-order chi connectivity index (χ1) is 3.89. The molecule has 0 amide bonds. The minimum Gasteiger partial charge on any atom is -0.316 e. The van der Waals surface area contributed by atoms with Crippen LogP contribution in [0.25, 0.3) is 0 Å². The van der Waals surface area contributed by atoms with E-state index in [1.165, 1.54) is 0 Å². The maximum absolute atomic E-state index is 10.8. The van der Waals surface area contributed by atoms with E-state index in [4.69, 9.17) is 0 Å². The van der Waals surface area contributed by atoms with Crippen LogP contribution in [-0.2, 0) is 10.8 Å². The first-order valence-corrected chi connectivity index (χ1v) is 4.44. The molecule has 0 unspecified atom stereocenters. The Balaban J connectivity index is 2.27. The Morgan fingerprint density at radius 1 is 1.25 bits per heavy atom. The maximum atomic E-state index is 10.8.